The minimum Gasteiger partial charge on any atom is -0.476 e. The number of carbonyl (C=O) groups excluding carboxylic acids is 12. The molecule has 606 valence electrons. The van der Waals surface area contributed by atoms with E-state index in [1.54, 1.807) is 16.7 Å². The summed E-state index contributed by atoms with van der Waals surface area (Å²) in [6.45, 7) is 19.1. The molecular formula is C78H116N14O18. The summed E-state index contributed by atoms with van der Waals surface area (Å²) < 4.78 is 4.40. The minimum atomic E-state index is -1.43. The summed E-state index contributed by atoms with van der Waals surface area (Å²) in [5, 5.41) is 52.1. The van der Waals surface area contributed by atoms with E-state index in [9.17, 15) is 72.2 Å². The molecule has 32 heteroatoms. The summed E-state index contributed by atoms with van der Waals surface area (Å²) in [6.07, 6.45) is 21.1. The van der Waals surface area contributed by atoms with Crippen molar-refractivity contribution < 1.29 is 87.2 Å². The first kappa shape index (κ1) is 86.5. The number of aromatic carboxylic acids is 2. The first-order valence-corrected chi connectivity index (χ1v) is 39.7. The van der Waals surface area contributed by atoms with Crippen molar-refractivity contribution in [3.8, 4) is 0 Å². The smallest absolute Gasteiger partial charge is 0.356 e. The molecule has 10 rings (SSSR count). The number of esters is 1. The lowest BCUT2D eigenvalue weighted by Crippen LogP contribution is -2.62. The molecule has 1 unspecified atom stereocenters. The van der Waals surface area contributed by atoms with Crippen LogP contribution in [0.5, 0.6) is 0 Å². The number of carboxylic acid groups (broad SMARTS) is 2. The Bertz CT molecular complexity index is 3620. The Balaban J connectivity index is 0.000000257. The highest BCUT2D eigenvalue weighted by Gasteiger charge is 2.55. The maximum absolute atomic E-state index is 14.6. The fraction of sp³-hybridized carbons (Fsp3) is 0.718. The number of hydrogen-bond acceptors (Lipinski definition) is 20. The van der Waals surface area contributed by atoms with Crippen LogP contribution in [0.1, 0.15) is 265 Å². The maximum Gasteiger partial charge on any atom is 0.356 e. The highest BCUT2D eigenvalue weighted by atomic mass is 16.5. The van der Waals surface area contributed by atoms with E-state index in [1.165, 1.54) is 6.92 Å². The van der Waals surface area contributed by atoms with E-state index in [0.717, 1.165) is 128 Å². The molecular weight excluding hydrogens is 1420 g/mol. The molecule has 8 aliphatic rings. The highest BCUT2D eigenvalue weighted by molar-refractivity contribution is 6.38. The van der Waals surface area contributed by atoms with Crippen LogP contribution in [0.2, 0.25) is 0 Å². The van der Waals surface area contributed by atoms with Crippen LogP contribution in [-0.4, -0.2) is 214 Å². The largest absolute Gasteiger partial charge is 0.476 e. The number of fused-ring (bicyclic) bond motifs is 2. The predicted octanol–water partition coefficient (Wildman–Crippen LogP) is 4.65. The molecule has 6 saturated carbocycles. The summed E-state index contributed by atoms with van der Waals surface area (Å²) in [5.74, 6) is -9.33. The number of ketones is 1. The van der Waals surface area contributed by atoms with Crippen LogP contribution in [0.25, 0.3) is 0 Å². The number of carboxylic acids is 2. The Morgan fingerprint density at radius 2 is 0.882 bits per heavy atom. The molecule has 0 aromatic carbocycles. The number of likely N-dealkylation sites (tertiary alicyclic amines) is 2. The predicted molar refractivity (Wildman–Crippen MR) is 398 cm³/mol. The van der Waals surface area contributed by atoms with Gasteiger partial charge in [0, 0.05) is 32.1 Å². The standard InChI is InChI=1S/C37H55N7O8.C37H53N7O8.C4H8O2/c2*1-5-10-24(29(45)34(49)40-22-15-16-22)41-33(48)28-23-14-9-13-21(23)19-44(28)35(50)30(37(2,3)4)43-32(47)27(20-11-7-6-8-12-20)42-31(46)25-17-39-26(18-38-25)36(51)52;1-3-6-4(2)5/h17-18,20-24,27-30,45H,5-16,19H2,1-4H3,(H,40,49)(H,41,48)(H,42,46)(H,43,47)(H,51,52);17-18,20-24,27-28,30H,5-16,19H2,1-4H3,(H,40,49)(H,41,48)(H,42,46)(H,43,47)(H,51,52);3H2,1-2H3/t21-,23-,24-,27-,28-,29?,30+;21-,23-,24-,27-,28-,30+;/m00./s1. The number of Topliss-reactive ketones (excluding diaryl/α,β-unsaturated/α-hetero) is 1. The second-order valence-electron chi connectivity index (χ2n) is 33.1. The van der Waals surface area contributed by atoms with Crippen molar-refractivity contribution in [3.63, 3.8) is 0 Å². The van der Waals surface area contributed by atoms with Gasteiger partial charge in [-0.05, 0) is 143 Å². The van der Waals surface area contributed by atoms with Crippen LogP contribution >= 0.6 is 0 Å². The molecule has 11 N–H and O–H groups in total. The van der Waals surface area contributed by atoms with Crippen LogP contribution in [0.15, 0.2) is 24.8 Å². The average molecular weight is 1540 g/mol. The molecule has 32 nitrogen and oxygen atoms in total. The zero-order valence-electron chi connectivity index (χ0n) is 65.4. The van der Waals surface area contributed by atoms with Crippen molar-refractivity contribution in [1.82, 2.24) is 72.3 Å². The second-order valence-corrected chi connectivity index (χ2v) is 33.1. The quantitative estimate of drug-likeness (QED) is 0.0390. The van der Waals surface area contributed by atoms with Crippen LogP contribution in [0, 0.1) is 46.3 Å². The Kier molecular flexibility index (Phi) is 30.8. The topological polar surface area (TPSA) is 463 Å². The molecule has 2 saturated heterocycles. The summed E-state index contributed by atoms with van der Waals surface area (Å²) in [6, 6.07) is -7.62. The number of nitrogens with zero attached hydrogens (tertiary/aromatic N) is 6. The fourth-order valence-corrected chi connectivity index (χ4v) is 16.3. The van der Waals surface area contributed by atoms with E-state index in [0.29, 0.717) is 64.6 Å². The van der Waals surface area contributed by atoms with E-state index < -0.39 is 142 Å². The molecule has 4 heterocycles. The van der Waals surface area contributed by atoms with E-state index in [4.69, 9.17) is 10.2 Å². The lowest BCUT2D eigenvalue weighted by atomic mass is 9.82. The first-order chi connectivity index (χ1) is 52.1. The number of aromatic nitrogens is 4. The monoisotopic (exact) mass is 1540 g/mol. The average Bonchev–Trinajstić information content (AvgIpc) is 1.60. The first-order valence-electron chi connectivity index (χ1n) is 39.7. The van der Waals surface area contributed by atoms with Gasteiger partial charge in [0.15, 0.2) is 17.5 Å². The van der Waals surface area contributed by atoms with E-state index in [1.807, 2.05) is 55.4 Å². The molecule has 2 aliphatic heterocycles. The molecule has 13 atom stereocenters. The van der Waals surface area contributed by atoms with Crippen LogP contribution in [0.3, 0.4) is 0 Å². The molecule has 0 radical (unpaired) electrons. The van der Waals surface area contributed by atoms with Crippen molar-refractivity contribution in [3.05, 3.63) is 47.6 Å². The molecule has 10 amide bonds. The molecule has 0 bridgehead atoms. The van der Waals surface area contributed by atoms with Gasteiger partial charge in [0.25, 0.3) is 23.6 Å². The lowest BCUT2D eigenvalue weighted by Gasteiger charge is -2.38. The number of hydrogen-bond donors (Lipinski definition) is 11. The SMILES string of the molecule is CCC[C@H](NC(=O)[C@@H]1[C@H]2CCC[C@H]2CN1C(=O)[C@@H](NC(=O)[C@@H](NC(=O)c1cnc(C(=O)O)cn1)C1CCCCC1)C(C)(C)C)C(=O)C(=O)NC1CC1.CCC[C@H](NC(=O)[C@@H]1[C@H]2CCC[C@H]2CN1C(=O)[C@@H](NC(=O)[C@@H](NC(=O)c1cnc(C(=O)O)cn1)C1CCCCC1)C(C)(C)C)C(O)C(=O)NC1CC1.CCOC(C)=O. The summed E-state index contributed by atoms with van der Waals surface area (Å²) >= 11 is 0. The lowest BCUT2D eigenvalue weighted by molar-refractivity contribution is -0.146. The number of aliphatic hydroxyl groups is 1. The number of ether oxygens (including phenoxy) is 1. The van der Waals surface area contributed by atoms with Gasteiger partial charge < -0.3 is 72.4 Å². The Labute approximate surface area is 643 Å². The molecule has 6 aliphatic carbocycles. The van der Waals surface area contributed by atoms with Gasteiger partial charge in [-0.1, -0.05) is 120 Å². The van der Waals surface area contributed by atoms with Crippen molar-refractivity contribution in [2.24, 2.45) is 46.3 Å². The van der Waals surface area contributed by atoms with E-state index >= 15 is 0 Å². The van der Waals surface area contributed by atoms with Gasteiger partial charge in [-0.3, -0.25) is 57.5 Å². The molecule has 2 aromatic heterocycles. The normalized spacial score (nSPS) is 22.9. The molecule has 110 heavy (non-hydrogen) atoms. The zero-order valence-corrected chi connectivity index (χ0v) is 65.4. The van der Waals surface area contributed by atoms with Crippen molar-refractivity contribution >= 4 is 82.8 Å². The molecule has 0 spiro atoms. The van der Waals surface area contributed by atoms with Crippen molar-refractivity contribution in [1.29, 1.82) is 0 Å². The third-order valence-electron chi connectivity index (χ3n) is 22.5. The Morgan fingerprint density at radius 3 is 1.24 bits per heavy atom. The van der Waals surface area contributed by atoms with Gasteiger partial charge >= 0.3 is 17.9 Å². The summed E-state index contributed by atoms with van der Waals surface area (Å²) in [7, 11) is 0. The van der Waals surface area contributed by atoms with E-state index in [2.05, 4.69) is 67.2 Å². The highest BCUT2D eigenvalue weighted by Crippen LogP contribution is 2.45. The molecule has 8 fully saturated rings. The number of carbonyl (C=O) groups is 14. The Morgan fingerprint density at radius 1 is 0.482 bits per heavy atom. The second kappa shape index (κ2) is 39.2. The van der Waals surface area contributed by atoms with E-state index in [-0.39, 0.29) is 82.8 Å². The van der Waals surface area contributed by atoms with Gasteiger partial charge in [-0.2, -0.15) is 0 Å². The van der Waals surface area contributed by atoms with Gasteiger partial charge in [0.05, 0.1) is 43.5 Å². The van der Waals surface area contributed by atoms with Crippen molar-refractivity contribution in [2.45, 2.75) is 290 Å². The van der Waals surface area contributed by atoms with Crippen molar-refractivity contribution in [2.75, 3.05) is 19.7 Å². The van der Waals surface area contributed by atoms with Crippen LogP contribution in [0.4, 0.5) is 0 Å². The molecule has 2 aromatic rings. The van der Waals surface area contributed by atoms with Crippen LogP contribution in [-0.2, 0) is 52.7 Å². The van der Waals surface area contributed by atoms with Crippen LogP contribution < -0.4 is 42.5 Å². The summed E-state index contributed by atoms with van der Waals surface area (Å²) in [4.78, 5) is 202. The fourth-order valence-electron chi connectivity index (χ4n) is 16.3. The minimum absolute atomic E-state index is 0.00812. The zero-order chi connectivity index (χ0) is 80.5. The number of nitrogens with one attached hydrogen (secondary N) is 8. The third-order valence-corrected chi connectivity index (χ3v) is 22.5. The maximum atomic E-state index is 14.6. The number of rotatable bonds is 29. The third kappa shape index (κ3) is 23.3. The van der Waals surface area contributed by atoms with Gasteiger partial charge in [0.1, 0.15) is 47.6 Å². The van der Waals surface area contributed by atoms with Gasteiger partial charge in [-0.15, -0.1) is 0 Å². The van der Waals surface area contributed by atoms with Gasteiger partial charge in [0.2, 0.25) is 41.2 Å². The number of amides is 10. The van der Waals surface area contributed by atoms with Gasteiger partial charge in [-0.25, -0.2) is 29.5 Å². The summed E-state index contributed by atoms with van der Waals surface area (Å²) in [5.41, 5.74) is -2.52. The number of aliphatic hydroxyl groups excluding tert-OH is 1. The Hall–Kier alpha value is -9.10.